The Hall–Kier alpha value is -2.44. The summed E-state index contributed by atoms with van der Waals surface area (Å²) in [5, 5.41) is 0.868. The maximum absolute atomic E-state index is 12.8. The zero-order chi connectivity index (χ0) is 19.6. The fraction of sp³-hybridized carbons (Fsp3) is 0.350. The highest BCUT2D eigenvalue weighted by Gasteiger charge is 2.17. The lowest BCUT2D eigenvalue weighted by Crippen LogP contribution is -2.25. The molecule has 0 fully saturated rings. The molecule has 1 aromatic carbocycles. The zero-order valence-corrected chi connectivity index (χ0v) is 16.4. The van der Waals surface area contributed by atoms with Crippen LogP contribution in [0.25, 0.3) is 10.9 Å². The molecule has 0 unspecified atom stereocenters. The van der Waals surface area contributed by atoms with Crippen LogP contribution >= 0.6 is 11.6 Å². The second kappa shape index (κ2) is 8.06. The van der Waals surface area contributed by atoms with Crippen molar-refractivity contribution in [2.75, 3.05) is 13.7 Å². The fourth-order valence-electron chi connectivity index (χ4n) is 3.28. The van der Waals surface area contributed by atoms with E-state index in [1.165, 1.54) is 10.9 Å². The van der Waals surface area contributed by atoms with Gasteiger partial charge in [0.2, 0.25) is 0 Å². The van der Waals surface area contributed by atoms with Crippen molar-refractivity contribution in [2.45, 2.75) is 33.4 Å². The molecular formula is C20H22ClN3O3. The Balaban J connectivity index is 1.88. The molecule has 0 bridgehead atoms. The molecule has 2 aromatic heterocycles. The lowest BCUT2D eigenvalue weighted by atomic mass is 10.1. The summed E-state index contributed by atoms with van der Waals surface area (Å²) in [6, 6.07) is 6.83. The molecule has 0 amide bonds. The molecule has 0 N–H and O–H groups in total. The van der Waals surface area contributed by atoms with Gasteiger partial charge in [-0.05, 0) is 44.5 Å². The van der Waals surface area contributed by atoms with E-state index in [0.717, 1.165) is 24.4 Å². The highest BCUT2D eigenvalue weighted by Crippen LogP contribution is 2.18. The molecule has 27 heavy (non-hydrogen) atoms. The Morgan fingerprint density at radius 3 is 2.78 bits per heavy atom. The maximum Gasteiger partial charge on any atom is 0.261 e. The quantitative estimate of drug-likeness (QED) is 0.460. The van der Waals surface area contributed by atoms with Crippen LogP contribution < -0.4 is 5.56 Å². The Morgan fingerprint density at radius 1 is 1.26 bits per heavy atom. The molecule has 0 aliphatic rings. The minimum absolute atomic E-state index is 0.0589. The molecule has 142 valence electrons. The Morgan fingerprint density at radius 2 is 2.04 bits per heavy atom. The van der Waals surface area contributed by atoms with Crippen molar-refractivity contribution in [3.05, 3.63) is 62.9 Å². The number of aryl methyl sites for hydroxylation is 1. The van der Waals surface area contributed by atoms with Gasteiger partial charge < -0.3 is 9.30 Å². The highest BCUT2D eigenvalue weighted by molar-refractivity contribution is 6.31. The molecule has 3 rings (SSSR count). The first-order chi connectivity index (χ1) is 12.9. The van der Waals surface area contributed by atoms with Gasteiger partial charge in [-0.2, -0.15) is 0 Å². The van der Waals surface area contributed by atoms with Crippen molar-refractivity contribution < 1.29 is 9.53 Å². The molecule has 7 heteroatoms. The van der Waals surface area contributed by atoms with Crippen LogP contribution in [0.3, 0.4) is 0 Å². The number of carbonyl (C=O) groups is 1. The van der Waals surface area contributed by atoms with Gasteiger partial charge in [-0.25, -0.2) is 4.98 Å². The number of methoxy groups -OCH3 is 1. The van der Waals surface area contributed by atoms with Crippen molar-refractivity contribution >= 4 is 28.3 Å². The summed E-state index contributed by atoms with van der Waals surface area (Å²) in [6.45, 7) is 5.29. The van der Waals surface area contributed by atoms with Gasteiger partial charge in [0.15, 0.2) is 5.78 Å². The van der Waals surface area contributed by atoms with E-state index in [4.69, 9.17) is 16.3 Å². The normalized spacial score (nSPS) is 11.3. The minimum atomic E-state index is -0.273. The molecule has 0 saturated heterocycles. The van der Waals surface area contributed by atoms with Gasteiger partial charge in [0.05, 0.1) is 23.8 Å². The van der Waals surface area contributed by atoms with E-state index in [1.54, 1.807) is 25.3 Å². The molecule has 3 aromatic rings. The Bertz CT molecular complexity index is 1050. The SMILES string of the molecule is COCCCn1c(C)cc(C(=O)Cn2cnc3ccc(Cl)cc3c2=O)c1C. The van der Waals surface area contributed by atoms with Gasteiger partial charge in [-0.15, -0.1) is 0 Å². The molecule has 0 radical (unpaired) electrons. The van der Waals surface area contributed by atoms with E-state index >= 15 is 0 Å². The van der Waals surface area contributed by atoms with Crippen LogP contribution in [-0.4, -0.2) is 33.6 Å². The van der Waals surface area contributed by atoms with E-state index in [-0.39, 0.29) is 17.9 Å². The summed E-state index contributed by atoms with van der Waals surface area (Å²) in [6.07, 6.45) is 2.28. The summed E-state index contributed by atoms with van der Waals surface area (Å²) in [7, 11) is 1.67. The van der Waals surface area contributed by atoms with E-state index < -0.39 is 0 Å². The van der Waals surface area contributed by atoms with Gasteiger partial charge in [0.1, 0.15) is 0 Å². The van der Waals surface area contributed by atoms with Gasteiger partial charge in [0, 0.05) is 42.2 Å². The largest absolute Gasteiger partial charge is 0.385 e. The first-order valence-electron chi connectivity index (χ1n) is 8.76. The fourth-order valence-corrected chi connectivity index (χ4v) is 3.45. The summed E-state index contributed by atoms with van der Waals surface area (Å²) in [4.78, 5) is 29.8. The average Bonchev–Trinajstić information content (AvgIpc) is 2.93. The summed E-state index contributed by atoms with van der Waals surface area (Å²) in [5.41, 5.74) is 2.83. The van der Waals surface area contributed by atoms with E-state index in [2.05, 4.69) is 9.55 Å². The van der Waals surface area contributed by atoms with Crippen molar-refractivity contribution in [3.8, 4) is 0 Å². The molecule has 0 aliphatic carbocycles. The summed E-state index contributed by atoms with van der Waals surface area (Å²) >= 11 is 5.98. The highest BCUT2D eigenvalue weighted by atomic mass is 35.5. The third-order valence-corrected chi connectivity index (χ3v) is 4.94. The van der Waals surface area contributed by atoms with Gasteiger partial charge in [-0.1, -0.05) is 11.6 Å². The number of hydrogen-bond donors (Lipinski definition) is 0. The Labute approximate surface area is 162 Å². The van der Waals surface area contributed by atoms with Gasteiger partial charge in [-0.3, -0.25) is 14.2 Å². The molecule has 6 nitrogen and oxygen atoms in total. The van der Waals surface area contributed by atoms with Crippen molar-refractivity contribution in [1.29, 1.82) is 0 Å². The first kappa shape index (κ1) is 19.3. The van der Waals surface area contributed by atoms with E-state index in [1.807, 2.05) is 19.9 Å². The van der Waals surface area contributed by atoms with E-state index in [9.17, 15) is 9.59 Å². The smallest absolute Gasteiger partial charge is 0.261 e. The standard InChI is InChI=1S/C20H22ClN3O3/c1-13-9-16(14(2)24(13)7-4-8-27-3)19(25)11-23-12-22-18-6-5-15(21)10-17(18)20(23)26/h5-6,9-10,12H,4,7-8,11H2,1-3H3. The van der Waals surface area contributed by atoms with Crippen LogP contribution in [-0.2, 0) is 17.8 Å². The van der Waals surface area contributed by atoms with Crippen molar-refractivity contribution in [3.63, 3.8) is 0 Å². The zero-order valence-electron chi connectivity index (χ0n) is 15.7. The van der Waals surface area contributed by atoms with E-state index in [0.29, 0.717) is 28.1 Å². The lowest BCUT2D eigenvalue weighted by molar-refractivity contribution is 0.0970. The third-order valence-electron chi connectivity index (χ3n) is 4.70. The Kier molecular flexibility index (Phi) is 5.77. The number of aromatic nitrogens is 3. The van der Waals surface area contributed by atoms with Crippen molar-refractivity contribution in [1.82, 2.24) is 14.1 Å². The van der Waals surface area contributed by atoms with Crippen LogP contribution in [0.15, 0.2) is 35.4 Å². The summed E-state index contributed by atoms with van der Waals surface area (Å²) in [5.74, 6) is -0.119. The lowest BCUT2D eigenvalue weighted by Gasteiger charge is -2.10. The second-order valence-corrected chi connectivity index (χ2v) is 6.98. The number of Topliss-reactive ketones (excluding diaryl/α,β-unsaturated/α-hetero) is 1. The average molecular weight is 388 g/mol. The predicted molar refractivity (Wildman–Crippen MR) is 106 cm³/mol. The second-order valence-electron chi connectivity index (χ2n) is 6.55. The number of halogens is 1. The number of nitrogens with zero attached hydrogens (tertiary/aromatic N) is 3. The predicted octanol–water partition coefficient (Wildman–Crippen LogP) is 3.39. The molecular weight excluding hydrogens is 366 g/mol. The van der Waals surface area contributed by atoms with Gasteiger partial charge in [0.25, 0.3) is 5.56 Å². The number of ether oxygens (including phenoxy) is 1. The van der Waals surface area contributed by atoms with Crippen LogP contribution in [0, 0.1) is 13.8 Å². The number of ketones is 1. The monoisotopic (exact) mass is 387 g/mol. The number of rotatable bonds is 7. The number of fused-ring (bicyclic) bond motifs is 1. The van der Waals surface area contributed by atoms with Gasteiger partial charge >= 0.3 is 0 Å². The number of hydrogen-bond acceptors (Lipinski definition) is 4. The topological polar surface area (TPSA) is 66.1 Å². The molecule has 0 atom stereocenters. The minimum Gasteiger partial charge on any atom is -0.385 e. The van der Waals surface area contributed by atoms with Crippen molar-refractivity contribution in [2.24, 2.45) is 0 Å². The summed E-state index contributed by atoms with van der Waals surface area (Å²) < 4.78 is 8.53. The van der Waals surface area contributed by atoms with Crippen LogP contribution in [0.4, 0.5) is 0 Å². The molecule has 2 heterocycles. The van der Waals surface area contributed by atoms with Crippen LogP contribution in [0.5, 0.6) is 0 Å². The first-order valence-corrected chi connectivity index (χ1v) is 9.13. The number of carbonyl (C=O) groups excluding carboxylic acids is 1. The molecule has 0 spiro atoms. The maximum atomic E-state index is 12.8. The van der Waals surface area contributed by atoms with Crippen LogP contribution in [0.2, 0.25) is 5.02 Å². The van der Waals surface area contributed by atoms with Crippen LogP contribution in [0.1, 0.15) is 28.2 Å². The number of benzene rings is 1. The molecule has 0 aliphatic heterocycles. The molecule has 0 saturated carbocycles. The third kappa shape index (κ3) is 3.96.